The van der Waals surface area contributed by atoms with E-state index in [4.69, 9.17) is 9.84 Å². The first-order valence-corrected chi connectivity index (χ1v) is 11.5. The zero-order valence-electron chi connectivity index (χ0n) is 19.9. The molecule has 4 rings (SSSR count). The molecule has 4 aromatic rings. The summed E-state index contributed by atoms with van der Waals surface area (Å²) in [6.07, 6.45) is -2.26. The van der Waals surface area contributed by atoms with Gasteiger partial charge in [0.05, 0.1) is 16.8 Å². The van der Waals surface area contributed by atoms with Crippen LogP contribution in [0, 0.1) is 0 Å². The summed E-state index contributed by atoms with van der Waals surface area (Å²) in [5.74, 6) is 0.0994. The molecule has 0 radical (unpaired) electrons. The normalized spacial score (nSPS) is 11.2. The number of benzene rings is 2. The van der Waals surface area contributed by atoms with Crippen molar-refractivity contribution in [2.45, 2.75) is 26.3 Å². The van der Waals surface area contributed by atoms with Gasteiger partial charge in [0, 0.05) is 25.5 Å². The molecule has 2 aromatic carbocycles. The molecule has 1 N–H and O–H groups in total. The van der Waals surface area contributed by atoms with Gasteiger partial charge in [0.2, 0.25) is 0 Å². The Hall–Kier alpha value is -4.40. The standard InChI is InChI=1S/C28H24F3N3O3/c1-2-34(26-13-9-23(16-33-26)28(29,30)31)17-19-4-3-5-21(14-19)20-7-11-25(12-8-20)37-18-24-10-6-22(15-32-24)27(35)36/h3-16H,2,17-18H2,1H3,(H,35,36). The fraction of sp³-hybridized carbons (Fsp3) is 0.179. The number of aromatic nitrogens is 2. The number of aromatic carboxylic acids is 1. The zero-order chi connectivity index (χ0) is 26.4. The Morgan fingerprint density at radius 1 is 0.946 bits per heavy atom. The molecule has 0 bridgehead atoms. The predicted molar refractivity (Wildman–Crippen MR) is 133 cm³/mol. The van der Waals surface area contributed by atoms with Gasteiger partial charge in [-0.15, -0.1) is 0 Å². The maximum atomic E-state index is 12.9. The number of rotatable bonds is 9. The molecule has 0 aliphatic rings. The van der Waals surface area contributed by atoms with Crippen LogP contribution in [-0.2, 0) is 19.3 Å². The molecule has 37 heavy (non-hydrogen) atoms. The molecule has 0 aliphatic carbocycles. The lowest BCUT2D eigenvalue weighted by Crippen LogP contribution is -2.23. The number of halogens is 3. The number of carboxylic acids is 1. The van der Waals surface area contributed by atoms with Crippen LogP contribution in [0.4, 0.5) is 19.0 Å². The minimum Gasteiger partial charge on any atom is -0.487 e. The quantitative estimate of drug-likeness (QED) is 0.280. The molecule has 0 saturated carbocycles. The first-order valence-electron chi connectivity index (χ1n) is 11.5. The summed E-state index contributed by atoms with van der Waals surface area (Å²) in [6.45, 7) is 3.22. The molecule has 0 fully saturated rings. The number of carboxylic acid groups (broad SMARTS) is 1. The summed E-state index contributed by atoms with van der Waals surface area (Å²) in [7, 11) is 0. The number of pyridine rings is 2. The number of hydrogen-bond donors (Lipinski definition) is 1. The van der Waals surface area contributed by atoms with Gasteiger partial charge >= 0.3 is 12.1 Å². The van der Waals surface area contributed by atoms with Gasteiger partial charge < -0.3 is 14.7 Å². The van der Waals surface area contributed by atoms with E-state index >= 15 is 0 Å². The van der Waals surface area contributed by atoms with Crippen LogP contribution in [-0.4, -0.2) is 27.6 Å². The molecule has 6 nitrogen and oxygen atoms in total. The van der Waals surface area contributed by atoms with Crippen molar-refractivity contribution >= 4 is 11.8 Å². The van der Waals surface area contributed by atoms with Crippen molar-refractivity contribution in [1.29, 1.82) is 0 Å². The Bertz CT molecular complexity index is 1340. The number of ether oxygens (including phenoxy) is 1. The largest absolute Gasteiger partial charge is 0.487 e. The maximum Gasteiger partial charge on any atom is 0.417 e. The van der Waals surface area contributed by atoms with E-state index in [2.05, 4.69) is 9.97 Å². The van der Waals surface area contributed by atoms with Crippen molar-refractivity contribution in [3.05, 3.63) is 108 Å². The Balaban J connectivity index is 1.41. The first kappa shape index (κ1) is 25.7. The van der Waals surface area contributed by atoms with Crippen LogP contribution in [0.3, 0.4) is 0 Å². The smallest absolute Gasteiger partial charge is 0.417 e. The molecular weight excluding hydrogens is 483 g/mol. The highest BCUT2D eigenvalue weighted by Crippen LogP contribution is 2.30. The van der Waals surface area contributed by atoms with Gasteiger partial charge in [-0.25, -0.2) is 9.78 Å². The van der Waals surface area contributed by atoms with Crippen molar-refractivity contribution in [3.63, 3.8) is 0 Å². The average Bonchev–Trinajstić information content (AvgIpc) is 2.91. The highest BCUT2D eigenvalue weighted by Gasteiger charge is 2.30. The second kappa shape index (κ2) is 11.1. The van der Waals surface area contributed by atoms with E-state index in [1.54, 1.807) is 6.07 Å². The number of nitrogens with zero attached hydrogens (tertiary/aromatic N) is 3. The van der Waals surface area contributed by atoms with Gasteiger partial charge in [0.1, 0.15) is 18.2 Å². The molecule has 0 atom stereocenters. The third kappa shape index (κ3) is 6.63. The molecule has 0 saturated heterocycles. The second-order valence-corrected chi connectivity index (χ2v) is 8.27. The maximum absolute atomic E-state index is 12.9. The van der Waals surface area contributed by atoms with Crippen LogP contribution >= 0.6 is 0 Å². The fourth-order valence-electron chi connectivity index (χ4n) is 3.70. The van der Waals surface area contributed by atoms with Crippen LogP contribution in [0.1, 0.15) is 34.1 Å². The van der Waals surface area contributed by atoms with E-state index in [9.17, 15) is 18.0 Å². The number of anilines is 1. The van der Waals surface area contributed by atoms with E-state index in [1.807, 2.05) is 60.4 Å². The highest BCUT2D eigenvalue weighted by molar-refractivity contribution is 5.87. The van der Waals surface area contributed by atoms with Crippen molar-refractivity contribution < 1.29 is 27.8 Å². The zero-order valence-corrected chi connectivity index (χ0v) is 19.9. The highest BCUT2D eigenvalue weighted by atomic mass is 19.4. The first-order chi connectivity index (χ1) is 17.7. The average molecular weight is 508 g/mol. The molecule has 0 unspecified atom stereocenters. The molecule has 9 heteroatoms. The van der Waals surface area contributed by atoms with Gasteiger partial charge in [-0.2, -0.15) is 13.2 Å². The lowest BCUT2D eigenvalue weighted by molar-refractivity contribution is -0.137. The van der Waals surface area contributed by atoms with Gasteiger partial charge in [-0.05, 0) is 66.1 Å². The number of carbonyl (C=O) groups is 1. The van der Waals surface area contributed by atoms with Crippen LogP contribution < -0.4 is 9.64 Å². The van der Waals surface area contributed by atoms with E-state index in [0.717, 1.165) is 29.0 Å². The van der Waals surface area contributed by atoms with Gasteiger partial charge in [-0.1, -0.05) is 30.3 Å². The summed E-state index contributed by atoms with van der Waals surface area (Å²) >= 11 is 0. The van der Waals surface area contributed by atoms with E-state index in [0.29, 0.717) is 30.4 Å². The lowest BCUT2D eigenvalue weighted by atomic mass is 10.0. The topological polar surface area (TPSA) is 75.5 Å². The number of alkyl halides is 3. The minimum atomic E-state index is -4.41. The van der Waals surface area contributed by atoms with Gasteiger partial charge in [0.15, 0.2) is 0 Å². The lowest BCUT2D eigenvalue weighted by Gasteiger charge is -2.22. The molecule has 2 aromatic heterocycles. The summed E-state index contributed by atoms with van der Waals surface area (Å²) in [6, 6.07) is 21.0. The van der Waals surface area contributed by atoms with Crippen LogP contribution in [0.2, 0.25) is 0 Å². The van der Waals surface area contributed by atoms with E-state index in [-0.39, 0.29) is 12.2 Å². The van der Waals surface area contributed by atoms with Crippen molar-refractivity contribution in [1.82, 2.24) is 9.97 Å². The fourth-order valence-corrected chi connectivity index (χ4v) is 3.70. The molecule has 190 valence electrons. The Labute approximate surface area is 212 Å². The van der Waals surface area contributed by atoms with E-state index in [1.165, 1.54) is 18.3 Å². The Morgan fingerprint density at radius 2 is 1.73 bits per heavy atom. The third-order valence-electron chi connectivity index (χ3n) is 5.73. The summed E-state index contributed by atoms with van der Waals surface area (Å²) < 4.78 is 44.3. The van der Waals surface area contributed by atoms with Crippen LogP contribution in [0.25, 0.3) is 11.1 Å². The monoisotopic (exact) mass is 507 g/mol. The number of hydrogen-bond acceptors (Lipinski definition) is 5. The van der Waals surface area contributed by atoms with Gasteiger partial charge in [-0.3, -0.25) is 4.98 Å². The molecule has 0 spiro atoms. The third-order valence-corrected chi connectivity index (χ3v) is 5.73. The molecular formula is C28H24F3N3O3. The van der Waals surface area contributed by atoms with E-state index < -0.39 is 17.7 Å². The SMILES string of the molecule is CCN(Cc1cccc(-c2ccc(OCc3ccc(C(=O)O)cn3)cc2)c1)c1ccc(C(F)(F)F)cn1. The molecule has 2 heterocycles. The van der Waals surface area contributed by atoms with Crippen molar-refractivity contribution in [2.24, 2.45) is 0 Å². The summed E-state index contributed by atoms with van der Waals surface area (Å²) in [5.41, 5.74) is 2.93. The second-order valence-electron chi connectivity index (χ2n) is 8.27. The van der Waals surface area contributed by atoms with Crippen LogP contribution in [0.5, 0.6) is 5.75 Å². The Morgan fingerprint density at radius 3 is 2.32 bits per heavy atom. The summed E-state index contributed by atoms with van der Waals surface area (Å²) in [5, 5.41) is 8.95. The molecule has 0 aliphatic heterocycles. The summed E-state index contributed by atoms with van der Waals surface area (Å²) in [4.78, 5) is 20.9. The van der Waals surface area contributed by atoms with Crippen molar-refractivity contribution in [3.8, 4) is 16.9 Å². The van der Waals surface area contributed by atoms with Gasteiger partial charge in [0.25, 0.3) is 0 Å². The predicted octanol–water partition coefficient (Wildman–Crippen LogP) is 6.47. The van der Waals surface area contributed by atoms with Crippen LogP contribution in [0.15, 0.2) is 85.2 Å². The Kier molecular flexibility index (Phi) is 7.71. The molecule has 0 amide bonds. The van der Waals surface area contributed by atoms with Crippen molar-refractivity contribution in [2.75, 3.05) is 11.4 Å². The minimum absolute atomic E-state index is 0.119.